The van der Waals surface area contributed by atoms with Crippen molar-refractivity contribution in [1.82, 2.24) is 4.90 Å². The zero-order chi connectivity index (χ0) is 8.78. The number of rotatable bonds is 1. The Hall–Kier alpha value is 0.630. The highest BCUT2D eigenvalue weighted by molar-refractivity contribution is 6.83. The van der Waals surface area contributed by atoms with Crippen LogP contribution < -0.4 is 0 Å². The molecule has 0 radical (unpaired) electrons. The molecule has 0 aliphatic carbocycles. The Labute approximate surface area is 80.0 Å². The second-order valence-electron chi connectivity index (χ2n) is 1.50. The van der Waals surface area contributed by atoms with Crippen LogP contribution in [0.15, 0.2) is 0 Å². The lowest BCUT2D eigenvalue weighted by atomic mass is 11.0. The number of carbonyl (C=O) groups excluding carboxylic acids is 1. The van der Waals surface area contributed by atoms with Gasteiger partial charge in [0.05, 0.1) is 0 Å². The van der Waals surface area contributed by atoms with E-state index < -0.39 is 3.25 Å². The van der Waals surface area contributed by atoms with Gasteiger partial charge in [-0.15, -0.1) is 0 Å². The zero-order valence-corrected chi connectivity index (χ0v) is 8.47. The van der Waals surface area contributed by atoms with E-state index in [-0.39, 0.29) is 0 Å². The second kappa shape index (κ2) is 6.35. The largest absolute Gasteiger partial charge is 0.351 e. The van der Waals surface area contributed by atoms with E-state index in [2.05, 4.69) is 0 Å². The summed E-state index contributed by atoms with van der Waals surface area (Å²) in [4.78, 5) is 10.9. The van der Waals surface area contributed by atoms with Gasteiger partial charge < -0.3 is 4.90 Å². The van der Waals surface area contributed by atoms with Gasteiger partial charge >= 0.3 is 0 Å². The molecular weight excluding hydrogens is 220 g/mol. The van der Waals surface area contributed by atoms with Gasteiger partial charge in [-0.25, -0.2) is 0 Å². The smallest absolute Gasteiger partial charge is 0.266 e. The van der Waals surface area contributed by atoms with Gasteiger partial charge in [-0.2, -0.15) is 0 Å². The monoisotopic (exact) mass is 225 g/mol. The molecule has 0 heterocycles. The van der Waals surface area contributed by atoms with Crippen LogP contribution in [0.5, 0.6) is 0 Å². The predicted molar refractivity (Wildman–Crippen MR) is 45.9 cm³/mol. The quantitative estimate of drug-likeness (QED) is 0.496. The van der Waals surface area contributed by atoms with Crippen LogP contribution in [-0.4, -0.2) is 28.7 Å². The van der Waals surface area contributed by atoms with Crippen molar-refractivity contribution in [1.29, 1.82) is 0 Å². The molecule has 0 saturated carbocycles. The molecule has 0 aromatic rings. The summed E-state index contributed by atoms with van der Waals surface area (Å²) < 4.78 is -1.61. The normalized spacial score (nSPS) is 9.40. The molecular formula is C4H7Cl4NO. The van der Waals surface area contributed by atoms with E-state index in [4.69, 9.17) is 46.4 Å². The number of alkyl halides is 4. The lowest BCUT2D eigenvalue weighted by Crippen LogP contribution is -2.06. The molecule has 2 nitrogen and oxygen atoms in total. The Kier molecular flexibility index (Phi) is 8.40. The molecule has 0 rings (SSSR count). The Bertz CT molecular complexity index is 83.7. The Morgan fingerprint density at radius 3 is 1.30 bits per heavy atom. The highest BCUT2D eigenvalue weighted by Crippen LogP contribution is 2.29. The van der Waals surface area contributed by atoms with Crippen molar-refractivity contribution in [3.8, 4) is 0 Å². The molecule has 0 aromatic carbocycles. The number of amides is 1. The molecule has 10 heavy (non-hydrogen) atoms. The number of nitrogens with zero attached hydrogens (tertiary/aromatic N) is 1. The summed E-state index contributed by atoms with van der Waals surface area (Å²) >= 11 is 19.3. The molecule has 0 aliphatic rings. The third-order valence-electron chi connectivity index (χ3n) is 0.211. The molecule has 0 saturated heterocycles. The van der Waals surface area contributed by atoms with Crippen LogP contribution in [-0.2, 0) is 4.79 Å². The van der Waals surface area contributed by atoms with Crippen LogP contribution in [0.1, 0.15) is 0 Å². The lowest BCUT2D eigenvalue weighted by molar-refractivity contribution is -0.115. The summed E-state index contributed by atoms with van der Waals surface area (Å²) in [5, 5.41) is 0. The van der Waals surface area contributed by atoms with Crippen molar-refractivity contribution in [2.24, 2.45) is 0 Å². The zero-order valence-electron chi connectivity index (χ0n) is 5.44. The maximum absolute atomic E-state index is 9.43. The lowest BCUT2D eigenvalue weighted by Gasteiger charge is -1.93. The van der Waals surface area contributed by atoms with Crippen LogP contribution in [0, 0.1) is 0 Å². The van der Waals surface area contributed by atoms with Gasteiger partial charge in [-0.1, -0.05) is 46.4 Å². The molecule has 0 atom stereocenters. The number of hydrogen-bond donors (Lipinski definition) is 0. The van der Waals surface area contributed by atoms with Crippen molar-refractivity contribution in [2.45, 2.75) is 3.25 Å². The van der Waals surface area contributed by atoms with Gasteiger partial charge in [0.2, 0.25) is 6.41 Å². The topological polar surface area (TPSA) is 20.3 Å². The van der Waals surface area contributed by atoms with E-state index >= 15 is 0 Å². The molecule has 0 fully saturated rings. The molecule has 1 amide bonds. The van der Waals surface area contributed by atoms with E-state index in [0.717, 1.165) is 6.41 Å². The Morgan fingerprint density at radius 2 is 1.30 bits per heavy atom. The summed E-state index contributed by atoms with van der Waals surface area (Å²) in [5.41, 5.74) is 0. The molecule has 0 aliphatic heterocycles. The van der Waals surface area contributed by atoms with E-state index in [9.17, 15) is 4.79 Å². The van der Waals surface area contributed by atoms with E-state index in [1.807, 2.05) is 0 Å². The van der Waals surface area contributed by atoms with Crippen LogP contribution in [0.25, 0.3) is 0 Å². The van der Waals surface area contributed by atoms with Gasteiger partial charge in [0, 0.05) is 14.1 Å². The van der Waals surface area contributed by atoms with Crippen molar-refractivity contribution in [3.63, 3.8) is 0 Å². The maximum Gasteiger partial charge on any atom is 0.266 e. The molecule has 0 unspecified atom stereocenters. The summed E-state index contributed by atoms with van der Waals surface area (Å²) in [5.74, 6) is 0. The van der Waals surface area contributed by atoms with E-state index in [1.165, 1.54) is 4.90 Å². The van der Waals surface area contributed by atoms with Crippen LogP contribution in [0.4, 0.5) is 0 Å². The minimum absolute atomic E-state index is 0.750. The highest BCUT2D eigenvalue weighted by atomic mass is 35.6. The first-order valence-corrected chi connectivity index (χ1v) is 3.66. The number of halogens is 4. The van der Waals surface area contributed by atoms with Gasteiger partial charge in [0.15, 0.2) is 0 Å². The van der Waals surface area contributed by atoms with Crippen molar-refractivity contribution in [3.05, 3.63) is 0 Å². The maximum atomic E-state index is 9.43. The SMILES string of the molecule is CN(C)C=O.ClC(Cl)(Cl)Cl. The van der Waals surface area contributed by atoms with Gasteiger partial charge in [0.1, 0.15) is 0 Å². The van der Waals surface area contributed by atoms with Crippen molar-refractivity contribution < 1.29 is 4.79 Å². The summed E-state index contributed by atoms with van der Waals surface area (Å²) in [7, 11) is 3.38. The molecule has 0 N–H and O–H groups in total. The minimum Gasteiger partial charge on any atom is -0.351 e. The standard InChI is InChI=1S/C3H7NO.CCl4/c1-4(2)3-5;2-1(3,4)5/h3H,1-2H3;. The third kappa shape index (κ3) is 72.6. The van der Waals surface area contributed by atoms with Crippen LogP contribution >= 0.6 is 46.4 Å². The predicted octanol–water partition coefficient (Wildman–Crippen LogP) is 2.26. The number of carbonyl (C=O) groups is 1. The molecule has 0 bridgehead atoms. The Balaban J connectivity index is 0. The van der Waals surface area contributed by atoms with Crippen LogP contribution in [0.3, 0.4) is 0 Å². The van der Waals surface area contributed by atoms with Gasteiger partial charge in [0.25, 0.3) is 3.25 Å². The fourth-order valence-electron chi connectivity index (χ4n) is 0. The summed E-state index contributed by atoms with van der Waals surface area (Å²) in [6.45, 7) is 0. The van der Waals surface area contributed by atoms with Gasteiger partial charge in [-0.05, 0) is 0 Å². The Morgan fingerprint density at radius 1 is 1.20 bits per heavy atom. The van der Waals surface area contributed by atoms with E-state index in [1.54, 1.807) is 14.1 Å². The van der Waals surface area contributed by atoms with Crippen LogP contribution in [0.2, 0.25) is 0 Å². The molecule has 0 spiro atoms. The molecule has 62 valence electrons. The minimum atomic E-state index is -1.61. The molecule has 6 heteroatoms. The van der Waals surface area contributed by atoms with Crippen molar-refractivity contribution in [2.75, 3.05) is 14.1 Å². The first-order chi connectivity index (χ1) is 4.27. The summed E-state index contributed by atoms with van der Waals surface area (Å²) in [6.07, 6.45) is 0.750. The average molecular weight is 227 g/mol. The highest BCUT2D eigenvalue weighted by Gasteiger charge is 2.11. The van der Waals surface area contributed by atoms with E-state index in [0.29, 0.717) is 0 Å². The van der Waals surface area contributed by atoms with Gasteiger partial charge in [-0.3, -0.25) is 4.79 Å². The van der Waals surface area contributed by atoms with Crippen molar-refractivity contribution >= 4 is 52.8 Å². The summed E-state index contributed by atoms with van der Waals surface area (Å²) in [6, 6.07) is 0. The first-order valence-electron chi connectivity index (χ1n) is 2.14. The molecule has 0 aromatic heterocycles. The average Bonchev–Trinajstić information content (AvgIpc) is 1.61. The first kappa shape index (κ1) is 13.2. The third-order valence-corrected chi connectivity index (χ3v) is 0.211. The number of hydrogen-bond acceptors (Lipinski definition) is 1. The second-order valence-corrected chi connectivity index (χ2v) is 4.93. The fraction of sp³-hybridized carbons (Fsp3) is 0.750. The fourth-order valence-corrected chi connectivity index (χ4v) is 0.